The van der Waals surface area contributed by atoms with Gasteiger partial charge in [0.25, 0.3) is 0 Å². The average Bonchev–Trinajstić information content (AvgIpc) is 3.62. The lowest BCUT2D eigenvalue weighted by molar-refractivity contribution is 0.0409. The number of fused-ring (bicyclic) bond motifs is 3. The molecule has 0 radical (unpaired) electrons. The first kappa shape index (κ1) is 28.4. The molecule has 5 N–H and O–H groups in total. The summed E-state index contributed by atoms with van der Waals surface area (Å²) in [4.78, 5) is 0.623. The zero-order valence-corrected chi connectivity index (χ0v) is 24.0. The number of aromatic nitrogens is 3. The van der Waals surface area contributed by atoms with Crippen LogP contribution in [0.25, 0.3) is 22.0 Å². The summed E-state index contributed by atoms with van der Waals surface area (Å²) in [5.41, 5.74) is 2.89. The smallest absolute Gasteiger partial charge is 0.207 e. The van der Waals surface area contributed by atoms with Gasteiger partial charge < -0.3 is 39.2 Å². The number of anilines is 2. The first-order valence-electron chi connectivity index (χ1n) is 13.1. The quantitative estimate of drug-likeness (QED) is 0.0821. The normalized spacial score (nSPS) is 11.4. The van der Waals surface area contributed by atoms with E-state index in [1.165, 1.54) is 22.4 Å². The number of ether oxygens (including phenoxy) is 5. The van der Waals surface area contributed by atoms with Crippen molar-refractivity contribution in [3.8, 4) is 40.3 Å². The second kappa shape index (κ2) is 13.0. The highest BCUT2D eigenvalue weighted by Gasteiger charge is 2.20. The van der Waals surface area contributed by atoms with Crippen molar-refractivity contribution in [2.75, 3.05) is 58.3 Å². The molecular weight excluding hydrogens is 548 g/mol. The van der Waals surface area contributed by atoms with Crippen molar-refractivity contribution < 1.29 is 33.9 Å². The van der Waals surface area contributed by atoms with Crippen molar-refractivity contribution in [3.63, 3.8) is 0 Å². The Morgan fingerprint density at radius 3 is 2.44 bits per heavy atom. The molecule has 0 saturated heterocycles. The molecule has 0 atom stereocenters. The zero-order chi connectivity index (χ0) is 28.8. The number of rotatable bonds is 15. The van der Waals surface area contributed by atoms with Gasteiger partial charge in [-0.3, -0.25) is 14.8 Å². The summed E-state index contributed by atoms with van der Waals surface area (Å²) in [6.45, 7) is 2.14. The summed E-state index contributed by atoms with van der Waals surface area (Å²) in [6, 6.07) is 15.3. The van der Waals surface area contributed by atoms with Gasteiger partial charge in [0.05, 0.1) is 51.2 Å². The van der Waals surface area contributed by atoms with E-state index in [4.69, 9.17) is 23.7 Å². The summed E-state index contributed by atoms with van der Waals surface area (Å²) in [5.74, 6) is 3.63. The number of benzene rings is 2. The largest absolute Gasteiger partial charge is 0.497 e. The molecule has 0 spiro atoms. The van der Waals surface area contributed by atoms with E-state index in [2.05, 4.69) is 21.6 Å². The second-order valence-electron chi connectivity index (χ2n) is 9.18. The van der Waals surface area contributed by atoms with Crippen molar-refractivity contribution >= 4 is 34.0 Å². The molecule has 0 unspecified atom stereocenters. The Balaban J connectivity index is 1.08. The van der Waals surface area contributed by atoms with E-state index in [1.54, 1.807) is 21.3 Å². The minimum absolute atomic E-state index is 0.0249. The Kier molecular flexibility index (Phi) is 9.02. The molecule has 2 aliphatic rings. The van der Waals surface area contributed by atoms with E-state index >= 15 is 0 Å². The number of nitrogens with zero attached hydrogens (tertiary/aromatic N) is 1. The Morgan fingerprint density at radius 2 is 1.68 bits per heavy atom. The van der Waals surface area contributed by atoms with Crippen molar-refractivity contribution in [2.45, 2.75) is 4.90 Å². The first-order chi connectivity index (χ1) is 20.0. The van der Waals surface area contributed by atoms with Crippen LogP contribution in [0.5, 0.6) is 29.0 Å². The van der Waals surface area contributed by atoms with E-state index < -0.39 is 0 Å². The first-order valence-corrected chi connectivity index (χ1v) is 14.1. The molecule has 12 heteroatoms. The number of aromatic hydroxyl groups is 2. The predicted octanol–water partition coefficient (Wildman–Crippen LogP) is 5.32. The lowest BCUT2D eigenvalue weighted by Crippen LogP contribution is -2.12. The van der Waals surface area contributed by atoms with Gasteiger partial charge in [-0.25, -0.2) is 0 Å². The number of hydrogen-bond donors (Lipinski definition) is 5. The molecule has 0 amide bonds. The van der Waals surface area contributed by atoms with Crippen LogP contribution >= 0.6 is 11.8 Å². The fraction of sp³-hybridized carbons (Fsp3) is 0.310. The maximum atomic E-state index is 9.90. The average molecular weight is 583 g/mol. The van der Waals surface area contributed by atoms with Gasteiger partial charge in [0.2, 0.25) is 5.88 Å². The maximum absolute atomic E-state index is 9.90. The minimum Gasteiger partial charge on any atom is -0.497 e. The summed E-state index contributed by atoms with van der Waals surface area (Å²) in [5, 5.41) is 31.5. The molecular formula is C29H34N4O7S. The van der Waals surface area contributed by atoms with Gasteiger partial charge in [0.15, 0.2) is 17.4 Å². The second-order valence-corrected chi connectivity index (χ2v) is 10.3. The van der Waals surface area contributed by atoms with Crippen molar-refractivity contribution in [1.29, 1.82) is 0 Å². The Bertz CT molecular complexity index is 1560. The van der Waals surface area contributed by atoms with Gasteiger partial charge in [-0.2, -0.15) is 0 Å². The van der Waals surface area contributed by atoms with Crippen LogP contribution in [0, 0.1) is 0 Å². The molecule has 0 saturated carbocycles. The van der Waals surface area contributed by atoms with E-state index in [-0.39, 0.29) is 11.8 Å². The zero-order valence-electron chi connectivity index (χ0n) is 23.2. The van der Waals surface area contributed by atoms with Crippen molar-refractivity contribution in [1.82, 2.24) is 14.8 Å². The summed E-state index contributed by atoms with van der Waals surface area (Å²) in [7, 11) is 4.87. The molecule has 11 nitrogen and oxygen atoms in total. The van der Waals surface area contributed by atoms with Crippen LogP contribution < -0.4 is 19.5 Å². The number of nitrogens with one attached hydrogen (secondary N) is 3. The van der Waals surface area contributed by atoms with Crippen LogP contribution in [-0.4, -0.2) is 78.0 Å². The molecule has 1 aliphatic heterocycles. The number of aromatic amines is 2. The topological polar surface area (TPSA) is 135 Å². The van der Waals surface area contributed by atoms with Crippen LogP contribution in [-0.2, 0) is 16.5 Å². The van der Waals surface area contributed by atoms with E-state index in [0.717, 1.165) is 39.3 Å². The van der Waals surface area contributed by atoms with Gasteiger partial charge in [-0.05, 0) is 35.7 Å². The number of H-pyrrole nitrogens is 2. The van der Waals surface area contributed by atoms with Crippen LogP contribution in [0.2, 0.25) is 0 Å². The van der Waals surface area contributed by atoms with E-state index in [0.29, 0.717) is 55.2 Å². The third kappa shape index (κ3) is 6.45. The molecule has 218 valence electrons. The molecule has 1 aliphatic carbocycles. The van der Waals surface area contributed by atoms with E-state index in [9.17, 15) is 10.2 Å². The van der Waals surface area contributed by atoms with Crippen LogP contribution in [0.3, 0.4) is 0 Å². The van der Waals surface area contributed by atoms with Gasteiger partial charge in [-0.1, -0.05) is 6.07 Å². The monoisotopic (exact) mass is 582 g/mol. The lowest BCUT2D eigenvalue weighted by atomic mass is 10.2. The Labute approximate surface area is 241 Å². The highest BCUT2D eigenvalue weighted by atomic mass is 32.2. The number of methoxy groups -OCH3 is 2. The summed E-state index contributed by atoms with van der Waals surface area (Å²) < 4.78 is 29.5. The summed E-state index contributed by atoms with van der Waals surface area (Å²) in [6.07, 6.45) is 0. The van der Waals surface area contributed by atoms with E-state index in [1.807, 2.05) is 36.4 Å². The standard InChI is InChI=1S/C29H34N4O7S/c1-33-26(34)17-25(29(33)35)41-12-11-39-8-7-38-9-10-40-24-16-21-18(14-23(24)37-3)13-22-27(21)31-32-28(22)30-19-5-4-6-20(15-19)36-2/h4-6,13-17,30-32,34-35H,7-12H2,1-3H3. The van der Waals surface area contributed by atoms with Crippen molar-refractivity contribution in [2.24, 2.45) is 7.05 Å². The van der Waals surface area contributed by atoms with Crippen LogP contribution in [0.4, 0.5) is 11.5 Å². The SMILES string of the molecule is COc1cccc(Nc2[nH][nH]c3c4cc(OCCOCCOCCSc5cc(O)n(C)c5O)c(OC)cc4cc2-3)c1. The molecule has 0 bridgehead atoms. The Hall–Kier alpha value is -4.13. The molecule has 0 fully saturated rings. The molecule has 2 aromatic carbocycles. The van der Waals surface area contributed by atoms with Gasteiger partial charge >= 0.3 is 0 Å². The maximum Gasteiger partial charge on any atom is 0.207 e. The van der Waals surface area contributed by atoms with Crippen molar-refractivity contribution in [3.05, 3.63) is 48.5 Å². The van der Waals surface area contributed by atoms with Crippen LogP contribution in [0.15, 0.2) is 53.4 Å². The number of hydrogen-bond acceptors (Lipinski definition) is 9. The fourth-order valence-electron chi connectivity index (χ4n) is 4.43. The molecule has 5 rings (SSSR count). The summed E-state index contributed by atoms with van der Waals surface area (Å²) >= 11 is 1.42. The predicted molar refractivity (Wildman–Crippen MR) is 159 cm³/mol. The van der Waals surface area contributed by atoms with Gasteiger partial charge in [0, 0.05) is 41.6 Å². The Morgan fingerprint density at radius 1 is 0.878 bits per heavy atom. The molecule has 3 aromatic rings. The molecule has 2 heterocycles. The van der Waals surface area contributed by atoms with Gasteiger partial charge in [-0.15, -0.1) is 11.8 Å². The molecule has 1 aromatic heterocycles. The van der Waals surface area contributed by atoms with Crippen LogP contribution in [0.1, 0.15) is 0 Å². The highest BCUT2D eigenvalue weighted by Crippen LogP contribution is 2.43. The minimum atomic E-state index is 0.0249. The van der Waals surface area contributed by atoms with Gasteiger partial charge in [0.1, 0.15) is 18.2 Å². The highest BCUT2D eigenvalue weighted by molar-refractivity contribution is 7.99. The number of thioether (sulfide) groups is 1. The fourth-order valence-corrected chi connectivity index (χ4v) is 5.30. The third-order valence-corrected chi connectivity index (χ3v) is 7.56. The third-order valence-electron chi connectivity index (χ3n) is 6.58. The molecule has 41 heavy (non-hydrogen) atoms. The lowest BCUT2D eigenvalue weighted by Gasteiger charge is -2.12.